The molecule has 3 aromatic rings. The van der Waals surface area contributed by atoms with E-state index in [0.29, 0.717) is 17.2 Å². The van der Waals surface area contributed by atoms with Crippen LogP contribution in [0, 0.1) is 6.92 Å². The van der Waals surface area contributed by atoms with Crippen molar-refractivity contribution in [3.8, 4) is 22.6 Å². The molecule has 0 heterocycles. The minimum atomic E-state index is -3.70. The van der Waals surface area contributed by atoms with Crippen molar-refractivity contribution >= 4 is 15.7 Å². The van der Waals surface area contributed by atoms with Crippen molar-refractivity contribution in [2.24, 2.45) is 0 Å². The molecule has 0 saturated carbocycles. The smallest absolute Gasteiger partial charge is 0.261 e. The van der Waals surface area contributed by atoms with E-state index in [1.807, 2.05) is 31.2 Å². The van der Waals surface area contributed by atoms with Crippen LogP contribution >= 0.6 is 0 Å². The van der Waals surface area contributed by atoms with Crippen LogP contribution in [0.2, 0.25) is 0 Å². The highest BCUT2D eigenvalue weighted by Gasteiger charge is 2.17. The van der Waals surface area contributed by atoms with E-state index in [9.17, 15) is 8.42 Å². The largest absolute Gasteiger partial charge is 0.496 e. The molecule has 0 radical (unpaired) electrons. The van der Waals surface area contributed by atoms with Crippen LogP contribution in [-0.2, 0) is 10.0 Å². The maximum Gasteiger partial charge on any atom is 0.261 e. The second-order valence-corrected chi connectivity index (χ2v) is 7.65. The van der Waals surface area contributed by atoms with Gasteiger partial charge in [-0.2, -0.15) is 0 Å². The molecule has 0 unspecified atom stereocenters. The summed E-state index contributed by atoms with van der Waals surface area (Å²) in [7, 11) is -0.510. The van der Waals surface area contributed by atoms with Gasteiger partial charge in [0, 0.05) is 11.1 Å². The Labute approximate surface area is 159 Å². The molecule has 1 N–H and O–H groups in total. The Kier molecular flexibility index (Phi) is 5.37. The van der Waals surface area contributed by atoms with Crippen LogP contribution in [0.25, 0.3) is 11.1 Å². The van der Waals surface area contributed by atoms with Crippen molar-refractivity contribution in [1.82, 2.24) is 0 Å². The summed E-state index contributed by atoms with van der Waals surface area (Å²) in [5, 5.41) is 0. The van der Waals surface area contributed by atoms with E-state index in [1.54, 1.807) is 56.7 Å². The number of anilines is 1. The molecular formula is C21H21NO4S. The molecule has 0 fully saturated rings. The average molecular weight is 383 g/mol. The molecule has 0 spiro atoms. The Morgan fingerprint density at radius 2 is 1.37 bits per heavy atom. The fourth-order valence-corrected chi connectivity index (χ4v) is 3.97. The molecule has 0 aliphatic carbocycles. The second kappa shape index (κ2) is 7.72. The fourth-order valence-electron chi connectivity index (χ4n) is 2.87. The van der Waals surface area contributed by atoms with Gasteiger partial charge in [-0.3, -0.25) is 4.72 Å². The van der Waals surface area contributed by atoms with E-state index < -0.39 is 10.0 Å². The standard InChI is InChI=1S/C21H21NO4S/c1-15-20(25-2)13-16(14-21(15)26-3)18-11-7-8-12-19(18)22-27(23,24)17-9-5-4-6-10-17/h4-14,22H,1-3H3. The van der Waals surface area contributed by atoms with Gasteiger partial charge in [-0.25, -0.2) is 8.42 Å². The lowest BCUT2D eigenvalue weighted by Gasteiger charge is -2.16. The Hall–Kier alpha value is -2.99. The van der Waals surface area contributed by atoms with Gasteiger partial charge < -0.3 is 9.47 Å². The van der Waals surface area contributed by atoms with Crippen LogP contribution in [0.15, 0.2) is 71.6 Å². The quantitative estimate of drug-likeness (QED) is 0.682. The first-order valence-electron chi connectivity index (χ1n) is 8.36. The van der Waals surface area contributed by atoms with Crippen LogP contribution in [0.1, 0.15) is 5.56 Å². The summed E-state index contributed by atoms with van der Waals surface area (Å²) >= 11 is 0. The van der Waals surface area contributed by atoms with E-state index in [1.165, 1.54) is 0 Å². The molecule has 0 bridgehead atoms. The van der Waals surface area contributed by atoms with Gasteiger partial charge in [-0.15, -0.1) is 0 Å². The number of hydrogen-bond donors (Lipinski definition) is 1. The number of hydrogen-bond acceptors (Lipinski definition) is 4. The Morgan fingerprint density at radius 1 is 0.815 bits per heavy atom. The Bertz CT molecular complexity index is 1020. The minimum Gasteiger partial charge on any atom is -0.496 e. The first-order valence-corrected chi connectivity index (χ1v) is 9.84. The normalized spacial score (nSPS) is 11.1. The summed E-state index contributed by atoms with van der Waals surface area (Å²) in [4.78, 5) is 0.207. The van der Waals surface area contributed by atoms with Crippen LogP contribution in [0.4, 0.5) is 5.69 Å². The highest BCUT2D eigenvalue weighted by Crippen LogP contribution is 2.37. The van der Waals surface area contributed by atoms with Crippen molar-refractivity contribution in [3.05, 3.63) is 72.3 Å². The molecule has 27 heavy (non-hydrogen) atoms. The third-order valence-corrected chi connectivity index (χ3v) is 5.67. The molecule has 140 valence electrons. The van der Waals surface area contributed by atoms with Crippen LogP contribution < -0.4 is 14.2 Å². The summed E-state index contributed by atoms with van der Waals surface area (Å²) in [6.07, 6.45) is 0. The van der Waals surface area contributed by atoms with E-state index in [2.05, 4.69) is 4.72 Å². The summed E-state index contributed by atoms with van der Waals surface area (Å²) in [6.45, 7) is 1.91. The lowest BCUT2D eigenvalue weighted by Crippen LogP contribution is -2.13. The summed E-state index contributed by atoms with van der Waals surface area (Å²) < 4.78 is 39.0. The number of sulfonamides is 1. The predicted molar refractivity (Wildman–Crippen MR) is 107 cm³/mol. The van der Waals surface area contributed by atoms with Crippen molar-refractivity contribution in [1.29, 1.82) is 0 Å². The topological polar surface area (TPSA) is 64.6 Å². The summed E-state index contributed by atoms with van der Waals surface area (Å²) in [5.74, 6) is 1.34. The zero-order valence-electron chi connectivity index (χ0n) is 15.4. The number of rotatable bonds is 6. The minimum absolute atomic E-state index is 0.207. The first-order chi connectivity index (χ1) is 13.0. The van der Waals surface area contributed by atoms with E-state index in [-0.39, 0.29) is 4.90 Å². The van der Waals surface area contributed by atoms with E-state index in [4.69, 9.17) is 9.47 Å². The molecule has 0 saturated heterocycles. The molecule has 0 atom stereocenters. The van der Waals surface area contributed by atoms with Gasteiger partial charge >= 0.3 is 0 Å². The Morgan fingerprint density at radius 3 is 1.96 bits per heavy atom. The van der Waals surface area contributed by atoms with Gasteiger partial charge in [-0.1, -0.05) is 36.4 Å². The van der Waals surface area contributed by atoms with Crippen molar-refractivity contribution < 1.29 is 17.9 Å². The zero-order valence-corrected chi connectivity index (χ0v) is 16.2. The third kappa shape index (κ3) is 3.90. The highest BCUT2D eigenvalue weighted by molar-refractivity contribution is 7.92. The Balaban J connectivity index is 2.08. The van der Waals surface area contributed by atoms with Crippen LogP contribution in [-0.4, -0.2) is 22.6 Å². The van der Waals surface area contributed by atoms with Gasteiger partial charge in [0.25, 0.3) is 10.0 Å². The number of nitrogens with one attached hydrogen (secondary N) is 1. The SMILES string of the molecule is COc1cc(-c2ccccc2NS(=O)(=O)c2ccccc2)cc(OC)c1C. The lowest BCUT2D eigenvalue weighted by atomic mass is 10.0. The molecule has 0 aromatic heterocycles. The fraction of sp³-hybridized carbons (Fsp3) is 0.143. The van der Waals surface area contributed by atoms with Crippen LogP contribution in [0.3, 0.4) is 0 Å². The molecular weight excluding hydrogens is 362 g/mol. The summed E-state index contributed by atoms with van der Waals surface area (Å²) in [6, 6.07) is 19.2. The van der Waals surface area contributed by atoms with Gasteiger partial charge in [0.05, 0.1) is 24.8 Å². The van der Waals surface area contributed by atoms with E-state index >= 15 is 0 Å². The monoisotopic (exact) mass is 383 g/mol. The van der Waals surface area contributed by atoms with Gasteiger partial charge in [0.15, 0.2) is 0 Å². The van der Waals surface area contributed by atoms with Crippen LogP contribution in [0.5, 0.6) is 11.5 Å². The van der Waals surface area contributed by atoms with Crippen molar-refractivity contribution in [2.75, 3.05) is 18.9 Å². The van der Waals surface area contributed by atoms with Crippen molar-refractivity contribution in [3.63, 3.8) is 0 Å². The second-order valence-electron chi connectivity index (χ2n) is 5.97. The third-order valence-electron chi connectivity index (χ3n) is 4.29. The molecule has 0 aliphatic rings. The number of ether oxygens (including phenoxy) is 2. The van der Waals surface area contributed by atoms with Crippen molar-refractivity contribution in [2.45, 2.75) is 11.8 Å². The van der Waals surface area contributed by atoms with Gasteiger partial charge in [0.1, 0.15) is 11.5 Å². The first kappa shape index (κ1) is 18.8. The maximum atomic E-state index is 12.7. The number of benzene rings is 3. The number of para-hydroxylation sites is 1. The van der Waals surface area contributed by atoms with E-state index in [0.717, 1.165) is 16.7 Å². The lowest BCUT2D eigenvalue weighted by molar-refractivity contribution is 0.389. The molecule has 6 heteroatoms. The highest BCUT2D eigenvalue weighted by atomic mass is 32.2. The average Bonchev–Trinajstić information content (AvgIpc) is 2.69. The predicted octanol–water partition coefficient (Wildman–Crippen LogP) is 4.48. The molecule has 0 aliphatic heterocycles. The number of methoxy groups -OCH3 is 2. The molecule has 0 amide bonds. The van der Waals surface area contributed by atoms with Gasteiger partial charge in [-0.05, 0) is 42.8 Å². The molecule has 3 rings (SSSR count). The molecule has 5 nitrogen and oxygen atoms in total. The van der Waals surface area contributed by atoms with Gasteiger partial charge in [0.2, 0.25) is 0 Å². The summed E-state index contributed by atoms with van der Waals surface area (Å²) in [5.41, 5.74) is 2.88. The zero-order chi connectivity index (χ0) is 19.4. The molecule has 3 aromatic carbocycles. The maximum absolute atomic E-state index is 12.7.